The average molecular weight is 2080 g/mol. The highest BCUT2D eigenvalue weighted by Gasteiger charge is 2.48. The Morgan fingerprint density at radius 1 is 0.538 bits per heavy atom. The number of hydrogen-bond acceptors (Lipinski definition) is 30. The average Bonchev–Trinajstić information content (AvgIpc) is 1.64. The van der Waals surface area contributed by atoms with Crippen LogP contribution in [-0.2, 0) is 119 Å². The number of nitrogens with two attached hydrogens (primary N) is 1. The molecule has 3 unspecified atom stereocenters. The van der Waals surface area contributed by atoms with Gasteiger partial charge >= 0.3 is 23.9 Å². The molecule has 145 heavy (non-hydrogen) atoms. The number of carboxylic acid groups (broad SMARTS) is 4. The third-order valence-corrected chi connectivity index (χ3v) is 28.8. The number of primary amides is 1. The van der Waals surface area contributed by atoms with Gasteiger partial charge in [0.25, 0.3) is 0 Å². The molecule has 14 amide bonds. The largest absolute Gasteiger partial charge is 0.508 e. The van der Waals surface area contributed by atoms with Crippen LogP contribution in [0.25, 0.3) is 0 Å². The van der Waals surface area contributed by atoms with Gasteiger partial charge in [-0.05, 0) is 130 Å². The Morgan fingerprint density at radius 3 is 1.63 bits per heavy atom. The molecule has 46 nitrogen and oxygen atoms in total. The van der Waals surface area contributed by atoms with Crippen molar-refractivity contribution in [3.8, 4) is 17.2 Å². The zero-order chi connectivity index (χ0) is 106. The Hall–Kier alpha value is -12.5. The molecular formula is C96H135ClN20O26S2. The number of phenolic OH excluding ortho intramolecular Hbond substituents is 3. The first-order valence-corrected chi connectivity index (χ1v) is 51.2. The molecule has 5 aliphatic heterocycles. The number of amides is 14. The molecule has 0 radical (unpaired) electrons. The van der Waals surface area contributed by atoms with E-state index in [4.69, 9.17) is 17.3 Å². The maximum Gasteiger partial charge on any atom is 0.320 e. The highest BCUT2D eigenvalue weighted by atomic mass is 35.5. The van der Waals surface area contributed by atoms with Gasteiger partial charge in [-0.25, -0.2) is 0 Å². The first kappa shape index (κ1) is 116. The third kappa shape index (κ3) is 37.8. The quantitative estimate of drug-likeness (QED) is 0.0199. The predicted octanol–water partition coefficient (Wildman–Crippen LogP) is -2.78. The zero-order valence-electron chi connectivity index (χ0n) is 81.8. The SMILES string of the molecule is CCC(C)[C@H](NC(=O)[C@H](Cc1ccc(O)cc1)NC(=O)[C@@H]1CSSC[C@H](NC(=O)[C@@H](CCC(=O)O)NC(=O)[C@H](Cc2ccc(O)cc2)NC(=O)CC[C@H](C(=O)O)N2CCN(C)CCN(C)CC2)C(=O)N2C[C@H](O)CC2C(=O)N[C@@H](Cc2ccc(O)c(Cl)c2)C(=O)NCC(=O)N[C@H]2CC(C)N1C2=O)C(=O)N[C@@H](CCC(N)=O)C(=O)NCc1ccc(CNC(=O)CCCN2CCN(CC(=O)O)CCN(CC(=O)O)CC2)cc1. The monoisotopic (exact) mass is 2080 g/mol. The number of carbonyl (C=O) groups is 18. The van der Waals surface area contributed by atoms with Gasteiger partial charge in [-0.1, -0.05) is 108 Å². The van der Waals surface area contributed by atoms with Crippen LogP contribution >= 0.6 is 33.2 Å². The van der Waals surface area contributed by atoms with Gasteiger partial charge in [0.15, 0.2) is 0 Å². The van der Waals surface area contributed by atoms with E-state index in [2.05, 4.69) is 73.2 Å². The molecule has 5 aliphatic rings. The maximum absolute atomic E-state index is 15.8. The molecule has 2 bridgehead atoms. The first-order valence-electron chi connectivity index (χ1n) is 48.3. The summed E-state index contributed by atoms with van der Waals surface area (Å²) in [6, 6.07) is 3.29. The number of aromatic hydroxyl groups is 3. The van der Waals surface area contributed by atoms with Crippen LogP contribution in [0.15, 0.2) is 91.0 Å². The standard InChI is InChI=1S/C96H135ClN20O26S2/c1-6-56(2)85(93(139)105-67(22-26-78(98)122)86(132)100-49-61-11-9-60(10-12-61)48-99-79(123)8-7-29-112-34-36-113(52-83(128)129)38-39-114(37-35-112)53-84(130)131)109-90(136)71(45-59-15-20-64(119)21-16-59)107-92(138)76-55-145-144-54-73(94(140)116-51-65(120)47-75(116)91(137)106-69(46-62-17-25-77(121)66(97)43-62)87(133)101-50-81(125)103-72-42-57(3)117(76)95(72)141)108-88(134)68(23-28-82(126)127)104-89(135)70(44-58-13-18-63(118)19-14-58)102-80(124)27-24-74(96(142)143)115-40-32-110(4)30-31-111(5)33-41-115/h9-21,25,43,56-57,65,67-76,85,118-121H,6-8,22-24,26-42,44-55H2,1-5H3,(H2,98,122)(H,99,123)(H,100,132)(H,101,133)(H,102,124)(H,103,125)(H,104,135)(H,105,139)(H,106,137)(H,107,138)(H,108,134)(H,109,136)(H,126,127)(H,128,129)(H,130,131)(H,142,143)/t56?,57?,65-,67+,68-,69+,70+,71+,72+,73+,74-,75?,76+,85+/m1/s1. The number of carbonyl (C=O) groups excluding carboxylic acids is 14. The fourth-order valence-electron chi connectivity index (χ4n) is 17.5. The van der Waals surface area contributed by atoms with Crippen molar-refractivity contribution in [3.05, 3.63) is 124 Å². The Balaban J connectivity index is 0.960. The number of aliphatic carboxylic acids is 4. The highest BCUT2D eigenvalue weighted by Crippen LogP contribution is 2.32. The lowest BCUT2D eigenvalue weighted by molar-refractivity contribution is -0.144. The zero-order valence-corrected chi connectivity index (χ0v) is 84.2. The summed E-state index contributed by atoms with van der Waals surface area (Å²) >= 11 is 6.31. The van der Waals surface area contributed by atoms with Gasteiger partial charge in [-0.15, -0.1) is 0 Å². The van der Waals surface area contributed by atoms with E-state index in [1.165, 1.54) is 66.7 Å². The number of nitrogens with zero attached hydrogens (tertiary/aromatic N) is 8. The minimum Gasteiger partial charge on any atom is -0.508 e. The van der Waals surface area contributed by atoms with Crippen LogP contribution in [0.4, 0.5) is 0 Å². The molecular weight excluding hydrogens is 1950 g/mol. The number of carboxylic acids is 4. The van der Waals surface area contributed by atoms with Crippen molar-refractivity contribution in [2.45, 2.75) is 202 Å². The molecule has 14 atom stereocenters. The fourth-order valence-corrected chi connectivity index (χ4v) is 20.0. The number of fused-ring (bicyclic) bond motifs is 3. The number of rotatable bonds is 43. The van der Waals surface area contributed by atoms with E-state index in [-0.39, 0.29) is 111 Å². The summed E-state index contributed by atoms with van der Waals surface area (Å²) in [5.41, 5.74) is 7.84. The van der Waals surface area contributed by atoms with Gasteiger partial charge in [0.05, 0.1) is 30.8 Å². The van der Waals surface area contributed by atoms with E-state index in [9.17, 15) is 103 Å². The second kappa shape index (κ2) is 57.4. The van der Waals surface area contributed by atoms with E-state index in [1.54, 1.807) is 59.7 Å². The van der Waals surface area contributed by atoms with Gasteiger partial charge in [0.1, 0.15) is 83.7 Å². The number of likely N-dealkylation sites (N-methyl/N-ethyl adjacent to an activating group) is 2. The fraction of sp³-hybridized carbons (Fsp3) is 0.562. The van der Waals surface area contributed by atoms with Crippen LogP contribution in [0.3, 0.4) is 0 Å². The van der Waals surface area contributed by atoms with E-state index < -0.39 is 242 Å². The number of benzene rings is 4. The van der Waals surface area contributed by atoms with Gasteiger partial charge < -0.3 is 130 Å². The van der Waals surface area contributed by atoms with Crippen LogP contribution in [0.1, 0.15) is 119 Å². The summed E-state index contributed by atoms with van der Waals surface area (Å²) in [6.45, 7) is 9.48. The number of halogens is 1. The Kier molecular flexibility index (Phi) is 45.9. The number of aliphatic hydroxyl groups excluding tert-OH is 1. The molecule has 794 valence electrons. The molecule has 9 rings (SSSR count). The molecule has 5 heterocycles. The van der Waals surface area contributed by atoms with E-state index in [1.807, 2.05) is 14.1 Å². The van der Waals surface area contributed by atoms with Gasteiger partial charge in [-0.3, -0.25) is 101 Å². The second-order valence-corrected chi connectivity index (χ2v) is 40.2. The lowest BCUT2D eigenvalue weighted by atomic mass is 9.96. The van der Waals surface area contributed by atoms with Crippen molar-refractivity contribution in [1.29, 1.82) is 0 Å². The molecule has 0 saturated carbocycles. The maximum atomic E-state index is 15.8. The van der Waals surface area contributed by atoms with Crippen molar-refractivity contribution in [2.75, 3.05) is 137 Å². The van der Waals surface area contributed by atoms with E-state index in [0.717, 1.165) is 44.5 Å². The Bertz CT molecular complexity index is 5140. The molecule has 4 aromatic carbocycles. The summed E-state index contributed by atoms with van der Waals surface area (Å²) in [6.07, 6.45) is -5.21. The van der Waals surface area contributed by atoms with E-state index >= 15 is 24.0 Å². The minimum absolute atomic E-state index is 0.101. The lowest BCUT2D eigenvalue weighted by Crippen LogP contribution is -2.61. The van der Waals surface area contributed by atoms with Crippen molar-refractivity contribution < 1.29 is 127 Å². The van der Waals surface area contributed by atoms with Crippen molar-refractivity contribution in [2.24, 2.45) is 11.7 Å². The van der Waals surface area contributed by atoms with Gasteiger partial charge in [0.2, 0.25) is 82.7 Å². The summed E-state index contributed by atoms with van der Waals surface area (Å²) in [5.74, 6) is -19.9. The molecule has 5 fully saturated rings. The molecule has 21 N–H and O–H groups in total. The van der Waals surface area contributed by atoms with Crippen molar-refractivity contribution in [3.63, 3.8) is 0 Å². The number of nitrogens with one attached hydrogen (secondary N) is 11. The van der Waals surface area contributed by atoms with Crippen molar-refractivity contribution >= 4 is 140 Å². The van der Waals surface area contributed by atoms with Crippen LogP contribution in [-0.4, -0.2) is 402 Å². The summed E-state index contributed by atoms with van der Waals surface area (Å²) < 4.78 is 0. The van der Waals surface area contributed by atoms with Gasteiger partial charge in [-0.2, -0.15) is 0 Å². The number of hydrogen-bond donors (Lipinski definition) is 20. The van der Waals surface area contributed by atoms with Crippen LogP contribution < -0.4 is 64.2 Å². The van der Waals surface area contributed by atoms with Gasteiger partial charge in [0, 0.05) is 167 Å². The molecule has 0 aliphatic carbocycles. The number of phenols is 3. The molecule has 0 aromatic heterocycles. The molecule has 5 saturated heterocycles. The lowest BCUT2D eigenvalue weighted by Gasteiger charge is -2.33. The summed E-state index contributed by atoms with van der Waals surface area (Å²) in [5, 5.41) is 111. The van der Waals surface area contributed by atoms with E-state index in [0.29, 0.717) is 101 Å². The van der Waals surface area contributed by atoms with Crippen LogP contribution in [0.2, 0.25) is 5.02 Å². The molecule has 0 spiro atoms. The Morgan fingerprint density at radius 2 is 1.07 bits per heavy atom. The minimum atomic E-state index is -1.89. The topological polar surface area (TPSA) is 653 Å². The normalized spacial score (nSPS) is 21.3. The van der Waals surface area contributed by atoms with Crippen molar-refractivity contribution in [1.82, 2.24) is 97.7 Å². The predicted molar refractivity (Wildman–Crippen MR) is 531 cm³/mol. The molecule has 4 aromatic rings. The van der Waals surface area contributed by atoms with Crippen LogP contribution in [0.5, 0.6) is 17.2 Å². The van der Waals surface area contributed by atoms with Crippen LogP contribution in [0, 0.1) is 5.92 Å². The summed E-state index contributed by atoms with van der Waals surface area (Å²) in [7, 11) is 5.43. The summed E-state index contributed by atoms with van der Waals surface area (Å²) in [4.78, 5) is 267. The number of aliphatic hydroxyl groups is 1. The Labute approximate surface area is 852 Å². The second-order valence-electron chi connectivity index (χ2n) is 37.2. The highest BCUT2D eigenvalue weighted by molar-refractivity contribution is 8.76. The first-order chi connectivity index (χ1) is 69.0. The third-order valence-electron chi connectivity index (χ3n) is 26.1. The molecule has 49 heteroatoms. The smallest absolute Gasteiger partial charge is 0.320 e.